The van der Waals surface area contributed by atoms with E-state index in [4.69, 9.17) is 11.6 Å². The summed E-state index contributed by atoms with van der Waals surface area (Å²) in [5, 5.41) is -0.143. The SMILES string of the molecule is Cc1cc(C(Cl)c2cc(I)ccc2Br)c(C)cc1Br. The minimum absolute atomic E-state index is 0.143. The summed E-state index contributed by atoms with van der Waals surface area (Å²) in [6.07, 6.45) is 0. The Morgan fingerprint density at radius 2 is 1.63 bits per heavy atom. The van der Waals surface area contributed by atoms with Crippen LogP contribution in [-0.2, 0) is 0 Å². The molecule has 0 N–H and O–H groups in total. The van der Waals surface area contributed by atoms with Crippen molar-refractivity contribution < 1.29 is 0 Å². The lowest BCUT2D eigenvalue weighted by Crippen LogP contribution is -1.99. The van der Waals surface area contributed by atoms with E-state index in [0.29, 0.717) is 0 Å². The van der Waals surface area contributed by atoms with Crippen LogP contribution in [0, 0.1) is 17.4 Å². The predicted octanol–water partition coefficient (Wildman–Crippen LogP) is 6.76. The van der Waals surface area contributed by atoms with Crippen molar-refractivity contribution in [2.45, 2.75) is 19.2 Å². The van der Waals surface area contributed by atoms with Gasteiger partial charge in [0.1, 0.15) is 0 Å². The molecule has 0 aromatic heterocycles. The lowest BCUT2D eigenvalue weighted by molar-refractivity contribution is 1.09. The van der Waals surface area contributed by atoms with E-state index in [1.807, 2.05) is 6.07 Å². The summed E-state index contributed by atoms with van der Waals surface area (Å²) in [5.41, 5.74) is 4.67. The normalized spacial score (nSPS) is 12.5. The van der Waals surface area contributed by atoms with Crippen molar-refractivity contribution in [2.24, 2.45) is 0 Å². The van der Waals surface area contributed by atoms with Crippen LogP contribution in [-0.4, -0.2) is 0 Å². The van der Waals surface area contributed by atoms with Crippen LogP contribution in [0.3, 0.4) is 0 Å². The standard InChI is InChI=1S/C15H12Br2ClI/c1-8-6-14(17)9(2)5-11(8)15(18)12-7-10(19)3-4-13(12)16/h3-7,15H,1-2H3. The molecule has 0 spiro atoms. The molecule has 0 radical (unpaired) electrons. The molecule has 2 rings (SSSR count). The van der Waals surface area contributed by atoms with Crippen LogP contribution in [0.1, 0.15) is 27.6 Å². The molecule has 0 heterocycles. The summed E-state index contributed by atoms with van der Waals surface area (Å²) in [5.74, 6) is 0. The fourth-order valence-corrected chi connectivity index (χ4v) is 3.95. The Morgan fingerprint density at radius 3 is 2.32 bits per heavy atom. The van der Waals surface area contributed by atoms with Crippen LogP contribution < -0.4 is 0 Å². The van der Waals surface area contributed by atoms with E-state index in [-0.39, 0.29) is 5.38 Å². The van der Waals surface area contributed by atoms with Crippen LogP contribution in [0.15, 0.2) is 39.3 Å². The maximum absolute atomic E-state index is 6.69. The van der Waals surface area contributed by atoms with Crippen molar-refractivity contribution in [1.82, 2.24) is 0 Å². The van der Waals surface area contributed by atoms with E-state index < -0.39 is 0 Å². The Kier molecular flexibility index (Phi) is 5.37. The van der Waals surface area contributed by atoms with Crippen LogP contribution in [0.4, 0.5) is 0 Å². The van der Waals surface area contributed by atoms with Crippen molar-refractivity contribution in [3.63, 3.8) is 0 Å². The molecule has 0 aliphatic rings. The van der Waals surface area contributed by atoms with E-state index in [1.54, 1.807) is 0 Å². The van der Waals surface area contributed by atoms with Gasteiger partial charge in [0.25, 0.3) is 0 Å². The highest BCUT2D eigenvalue weighted by Gasteiger charge is 2.17. The van der Waals surface area contributed by atoms with Gasteiger partial charge in [-0.1, -0.05) is 37.9 Å². The average molecular weight is 514 g/mol. The van der Waals surface area contributed by atoms with Gasteiger partial charge in [0.2, 0.25) is 0 Å². The van der Waals surface area contributed by atoms with Crippen LogP contribution in [0.5, 0.6) is 0 Å². The van der Waals surface area contributed by atoms with Gasteiger partial charge < -0.3 is 0 Å². The lowest BCUT2D eigenvalue weighted by atomic mass is 9.98. The molecule has 0 aliphatic carbocycles. The minimum atomic E-state index is -0.143. The highest BCUT2D eigenvalue weighted by atomic mass is 127. The molecular formula is C15H12Br2ClI. The Morgan fingerprint density at radius 1 is 0.947 bits per heavy atom. The smallest absolute Gasteiger partial charge is 0.0849 e. The van der Waals surface area contributed by atoms with Gasteiger partial charge >= 0.3 is 0 Å². The first kappa shape index (κ1) is 15.8. The maximum Gasteiger partial charge on any atom is 0.0849 e. The van der Waals surface area contributed by atoms with Gasteiger partial charge in [0.15, 0.2) is 0 Å². The number of rotatable bonds is 2. The van der Waals surface area contributed by atoms with Gasteiger partial charge in [0, 0.05) is 12.5 Å². The summed E-state index contributed by atoms with van der Waals surface area (Å²) in [7, 11) is 0. The average Bonchev–Trinajstić information content (AvgIpc) is 2.36. The van der Waals surface area contributed by atoms with Gasteiger partial charge in [-0.25, -0.2) is 0 Å². The molecule has 2 aromatic rings. The molecule has 1 atom stereocenters. The molecule has 0 bridgehead atoms. The number of halogens is 4. The zero-order valence-corrected chi connectivity index (χ0v) is 16.6. The Hall–Kier alpha value is 0.420. The molecule has 0 aliphatic heterocycles. The summed E-state index contributed by atoms with van der Waals surface area (Å²) >= 11 is 16.1. The largest absolute Gasteiger partial charge is 0.113 e. The van der Waals surface area contributed by atoms with Gasteiger partial charge in [-0.05, 0) is 83.0 Å². The van der Waals surface area contributed by atoms with E-state index in [2.05, 4.69) is 92.6 Å². The fourth-order valence-electron chi connectivity index (χ4n) is 1.95. The van der Waals surface area contributed by atoms with Gasteiger partial charge in [0.05, 0.1) is 5.38 Å². The highest BCUT2D eigenvalue weighted by Crippen LogP contribution is 2.37. The van der Waals surface area contributed by atoms with Crippen molar-refractivity contribution in [2.75, 3.05) is 0 Å². The van der Waals surface area contributed by atoms with E-state index in [9.17, 15) is 0 Å². The second kappa shape index (κ2) is 6.46. The number of aryl methyl sites for hydroxylation is 2. The molecule has 0 fully saturated rings. The second-order valence-electron chi connectivity index (χ2n) is 4.49. The third kappa shape index (κ3) is 3.55. The molecule has 0 amide bonds. The number of benzene rings is 2. The molecule has 0 saturated heterocycles. The third-order valence-electron chi connectivity index (χ3n) is 3.05. The first-order valence-electron chi connectivity index (χ1n) is 5.76. The van der Waals surface area contributed by atoms with Crippen molar-refractivity contribution in [3.05, 3.63) is 65.1 Å². The first-order chi connectivity index (χ1) is 8.90. The Labute approximate surface area is 149 Å². The topological polar surface area (TPSA) is 0 Å². The van der Waals surface area contributed by atoms with Crippen LogP contribution in [0.2, 0.25) is 0 Å². The lowest BCUT2D eigenvalue weighted by Gasteiger charge is -2.17. The molecule has 19 heavy (non-hydrogen) atoms. The van der Waals surface area contributed by atoms with Crippen LogP contribution in [0.25, 0.3) is 0 Å². The summed E-state index contributed by atoms with van der Waals surface area (Å²) < 4.78 is 3.36. The highest BCUT2D eigenvalue weighted by molar-refractivity contribution is 14.1. The van der Waals surface area contributed by atoms with E-state index in [0.717, 1.165) is 20.1 Å². The first-order valence-corrected chi connectivity index (χ1v) is 8.86. The van der Waals surface area contributed by atoms with E-state index >= 15 is 0 Å². The van der Waals surface area contributed by atoms with Gasteiger partial charge in [-0.3, -0.25) is 0 Å². The monoisotopic (exact) mass is 512 g/mol. The number of hydrogen-bond acceptors (Lipinski definition) is 0. The van der Waals surface area contributed by atoms with Gasteiger partial charge in [-0.15, -0.1) is 11.6 Å². The third-order valence-corrected chi connectivity index (χ3v) is 5.77. The molecule has 1 unspecified atom stereocenters. The molecule has 2 aromatic carbocycles. The summed E-state index contributed by atoms with van der Waals surface area (Å²) in [6, 6.07) is 10.5. The molecular weight excluding hydrogens is 502 g/mol. The van der Waals surface area contributed by atoms with Crippen molar-refractivity contribution >= 4 is 66.1 Å². The second-order valence-corrected chi connectivity index (χ2v) is 7.88. The molecule has 100 valence electrons. The molecule has 0 nitrogen and oxygen atoms in total. The van der Waals surface area contributed by atoms with Gasteiger partial charge in [-0.2, -0.15) is 0 Å². The summed E-state index contributed by atoms with van der Waals surface area (Å²) in [6.45, 7) is 4.18. The number of alkyl halides is 1. The van der Waals surface area contributed by atoms with Crippen molar-refractivity contribution in [1.29, 1.82) is 0 Å². The molecule has 0 saturated carbocycles. The Balaban J connectivity index is 2.52. The zero-order valence-electron chi connectivity index (χ0n) is 10.5. The zero-order chi connectivity index (χ0) is 14.2. The minimum Gasteiger partial charge on any atom is -0.113 e. The predicted molar refractivity (Wildman–Crippen MR) is 98.2 cm³/mol. The van der Waals surface area contributed by atoms with E-state index in [1.165, 1.54) is 14.7 Å². The fraction of sp³-hybridized carbons (Fsp3) is 0.200. The number of hydrogen-bond donors (Lipinski definition) is 0. The Bertz CT molecular complexity index is 626. The quantitative estimate of drug-likeness (QED) is 0.307. The van der Waals surface area contributed by atoms with Crippen LogP contribution >= 0.6 is 66.1 Å². The molecule has 4 heteroatoms. The maximum atomic E-state index is 6.69. The van der Waals surface area contributed by atoms with Crippen molar-refractivity contribution in [3.8, 4) is 0 Å². The summed E-state index contributed by atoms with van der Waals surface area (Å²) in [4.78, 5) is 0.